The highest BCUT2D eigenvalue weighted by Gasteiger charge is 2.20. The molecule has 3 heteroatoms. The molecule has 174 valence electrons. The maximum Gasteiger partial charge on any atom is 0.302 e. The number of unbranched alkanes of at least 4 members (excludes halogenated alkanes) is 6. The number of hydrogen-bond donors (Lipinski definition) is 1. The quantitative estimate of drug-likeness (QED) is 0.143. The molecule has 0 aromatic carbocycles. The Balaban J connectivity index is 2.14. The SMILES string of the molecule is CCCCCC[C@H](CC)CC=C[C@H]1C=CC[C@@H]1CCCCCCC(O)COC(C)=O. The fraction of sp³-hybridized carbons (Fsp3) is 0.815. The molecule has 1 N–H and O–H groups in total. The summed E-state index contributed by atoms with van der Waals surface area (Å²) in [6, 6.07) is 0. The third kappa shape index (κ3) is 13.3. The fourth-order valence-corrected chi connectivity index (χ4v) is 4.47. The lowest BCUT2D eigenvalue weighted by Crippen LogP contribution is -2.17. The lowest BCUT2D eigenvalue weighted by molar-refractivity contribution is -0.144. The Morgan fingerprint density at radius 1 is 1.10 bits per heavy atom. The van der Waals surface area contributed by atoms with Gasteiger partial charge in [-0.15, -0.1) is 0 Å². The second-order valence-corrected chi connectivity index (χ2v) is 9.24. The molecular formula is C27H48O3. The second-order valence-electron chi connectivity index (χ2n) is 9.24. The van der Waals surface area contributed by atoms with Crippen LogP contribution < -0.4 is 0 Å². The van der Waals surface area contributed by atoms with Crippen LogP contribution in [0.3, 0.4) is 0 Å². The van der Waals surface area contributed by atoms with E-state index < -0.39 is 6.10 Å². The summed E-state index contributed by atoms with van der Waals surface area (Å²) in [5.74, 6) is 1.95. The fourth-order valence-electron chi connectivity index (χ4n) is 4.47. The van der Waals surface area contributed by atoms with Crippen LogP contribution in [0.15, 0.2) is 24.3 Å². The van der Waals surface area contributed by atoms with Crippen molar-refractivity contribution in [3.63, 3.8) is 0 Å². The Hall–Kier alpha value is -1.09. The van der Waals surface area contributed by atoms with Crippen molar-refractivity contribution in [3.05, 3.63) is 24.3 Å². The van der Waals surface area contributed by atoms with Gasteiger partial charge in [0.25, 0.3) is 0 Å². The molecule has 0 amide bonds. The topological polar surface area (TPSA) is 46.5 Å². The molecule has 0 fully saturated rings. The first-order chi connectivity index (χ1) is 14.6. The Kier molecular flexibility index (Phi) is 15.8. The number of carbonyl (C=O) groups excluding carboxylic acids is 1. The first-order valence-corrected chi connectivity index (χ1v) is 12.7. The third-order valence-corrected chi connectivity index (χ3v) is 6.55. The third-order valence-electron chi connectivity index (χ3n) is 6.55. The summed E-state index contributed by atoms with van der Waals surface area (Å²) in [4.78, 5) is 10.8. The second kappa shape index (κ2) is 17.6. The number of aliphatic hydroxyl groups is 1. The number of allylic oxidation sites excluding steroid dienone is 4. The average Bonchev–Trinajstić information content (AvgIpc) is 3.18. The van der Waals surface area contributed by atoms with Crippen molar-refractivity contribution >= 4 is 5.97 Å². The molecule has 0 heterocycles. The number of carbonyl (C=O) groups is 1. The van der Waals surface area contributed by atoms with E-state index in [9.17, 15) is 9.90 Å². The van der Waals surface area contributed by atoms with Crippen molar-refractivity contribution in [3.8, 4) is 0 Å². The van der Waals surface area contributed by atoms with E-state index in [1.54, 1.807) is 0 Å². The van der Waals surface area contributed by atoms with Gasteiger partial charge in [0.1, 0.15) is 6.61 Å². The van der Waals surface area contributed by atoms with Crippen LogP contribution in [0, 0.1) is 17.8 Å². The molecule has 0 saturated heterocycles. The highest BCUT2D eigenvalue weighted by atomic mass is 16.5. The minimum absolute atomic E-state index is 0.134. The number of aliphatic hydroxyl groups excluding tert-OH is 1. The van der Waals surface area contributed by atoms with Gasteiger partial charge in [0, 0.05) is 6.92 Å². The molecule has 0 spiro atoms. The van der Waals surface area contributed by atoms with Gasteiger partial charge in [-0.2, -0.15) is 0 Å². The van der Waals surface area contributed by atoms with Gasteiger partial charge in [-0.05, 0) is 43.4 Å². The molecule has 3 nitrogen and oxygen atoms in total. The molecule has 0 aromatic rings. The standard InChI is InChI=1S/C27H48O3/c1-4-6-7-10-15-24(5-2)16-13-18-26-20-14-19-25(26)17-11-8-9-12-21-27(29)22-30-23(3)28/h13-14,18,20,24-27,29H,4-12,15-17,19,21-22H2,1-3H3/t24-,25-,26-,27?/m0/s1. The van der Waals surface area contributed by atoms with E-state index in [4.69, 9.17) is 4.74 Å². The Morgan fingerprint density at radius 2 is 1.83 bits per heavy atom. The lowest BCUT2D eigenvalue weighted by Gasteiger charge is -2.17. The summed E-state index contributed by atoms with van der Waals surface area (Å²) < 4.78 is 4.84. The van der Waals surface area contributed by atoms with Crippen molar-refractivity contribution in [2.45, 2.75) is 117 Å². The van der Waals surface area contributed by atoms with Crippen LogP contribution in [-0.2, 0) is 9.53 Å². The van der Waals surface area contributed by atoms with Crippen LogP contribution in [0.25, 0.3) is 0 Å². The van der Waals surface area contributed by atoms with E-state index in [2.05, 4.69) is 38.2 Å². The van der Waals surface area contributed by atoms with Gasteiger partial charge in [-0.3, -0.25) is 4.79 Å². The zero-order valence-corrected chi connectivity index (χ0v) is 20.0. The molecular weight excluding hydrogens is 372 g/mol. The monoisotopic (exact) mass is 420 g/mol. The van der Waals surface area contributed by atoms with Crippen molar-refractivity contribution < 1.29 is 14.6 Å². The van der Waals surface area contributed by atoms with Crippen LogP contribution in [0.2, 0.25) is 0 Å². The highest BCUT2D eigenvalue weighted by Crippen LogP contribution is 2.31. The highest BCUT2D eigenvalue weighted by molar-refractivity contribution is 5.65. The van der Waals surface area contributed by atoms with E-state index in [1.807, 2.05) is 0 Å². The smallest absolute Gasteiger partial charge is 0.302 e. The van der Waals surface area contributed by atoms with Crippen molar-refractivity contribution in [2.24, 2.45) is 17.8 Å². The molecule has 4 atom stereocenters. The number of hydrogen-bond acceptors (Lipinski definition) is 3. The van der Waals surface area contributed by atoms with Crippen molar-refractivity contribution in [2.75, 3.05) is 6.61 Å². The van der Waals surface area contributed by atoms with Crippen molar-refractivity contribution in [1.82, 2.24) is 0 Å². The van der Waals surface area contributed by atoms with Gasteiger partial charge in [-0.1, -0.05) is 102 Å². The average molecular weight is 421 g/mol. The van der Waals surface area contributed by atoms with Gasteiger partial charge in [0.05, 0.1) is 6.10 Å². The van der Waals surface area contributed by atoms with Gasteiger partial charge in [0.15, 0.2) is 0 Å². The van der Waals surface area contributed by atoms with E-state index >= 15 is 0 Å². The molecule has 0 saturated carbocycles. The van der Waals surface area contributed by atoms with Crippen LogP contribution >= 0.6 is 0 Å². The van der Waals surface area contributed by atoms with Gasteiger partial charge >= 0.3 is 5.97 Å². The number of rotatable bonds is 18. The molecule has 0 aromatic heterocycles. The van der Waals surface area contributed by atoms with Crippen LogP contribution in [0.1, 0.15) is 111 Å². The van der Waals surface area contributed by atoms with Gasteiger partial charge in [-0.25, -0.2) is 0 Å². The zero-order chi connectivity index (χ0) is 22.0. The summed E-state index contributed by atoms with van der Waals surface area (Å²) >= 11 is 0. The molecule has 1 aliphatic carbocycles. The minimum atomic E-state index is -0.513. The summed E-state index contributed by atoms with van der Waals surface area (Å²) in [6.07, 6.45) is 26.5. The van der Waals surface area contributed by atoms with Crippen molar-refractivity contribution in [1.29, 1.82) is 0 Å². The zero-order valence-electron chi connectivity index (χ0n) is 20.0. The molecule has 1 aliphatic rings. The Morgan fingerprint density at radius 3 is 2.57 bits per heavy atom. The van der Waals surface area contributed by atoms with Gasteiger partial charge < -0.3 is 9.84 Å². The van der Waals surface area contributed by atoms with Crippen LogP contribution in [0.4, 0.5) is 0 Å². The molecule has 30 heavy (non-hydrogen) atoms. The minimum Gasteiger partial charge on any atom is -0.463 e. The van der Waals surface area contributed by atoms with Crippen LogP contribution in [0.5, 0.6) is 0 Å². The maximum atomic E-state index is 10.8. The predicted octanol–water partition coefficient (Wildman–Crippen LogP) is 7.39. The first kappa shape index (κ1) is 26.9. The summed E-state index contributed by atoms with van der Waals surface area (Å²) in [7, 11) is 0. The predicted molar refractivity (Wildman–Crippen MR) is 127 cm³/mol. The molecule has 0 radical (unpaired) electrons. The molecule has 0 bridgehead atoms. The van der Waals surface area contributed by atoms with Gasteiger partial charge in [0.2, 0.25) is 0 Å². The lowest BCUT2D eigenvalue weighted by atomic mass is 9.88. The first-order valence-electron chi connectivity index (χ1n) is 12.7. The molecule has 0 aliphatic heterocycles. The van der Waals surface area contributed by atoms with Crippen LogP contribution in [-0.4, -0.2) is 23.8 Å². The molecule has 1 rings (SSSR count). The Labute approximate surface area is 186 Å². The summed E-state index contributed by atoms with van der Waals surface area (Å²) in [6.45, 7) is 6.13. The normalized spacial score (nSPS) is 20.7. The largest absolute Gasteiger partial charge is 0.463 e. The van der Waals surface area contributed by atoms with E-state index in [0.717, 1.165) is 31.1 Å². The van der Waals surface area contributed by atoms with E-state index in [1.165, 1.54) is 77.6 Å². The van der Waals surface area contributed by atoms with E-state index in [0.29, 0.717) is 5.92 Å². The number of esters is 1. The molecule has 1 unspecified atom stereocenters. The number of ether oxygens (including phenoxy) is 1. The summed E-state index contributed by atoms with van der Waals surface area (Å²) in [5.41, 5.74) is 0. The van der Waals surface area contributed by atoms with E-state index in [-0.39, 0.29) is 12.6 Å². The summed E-state index contributed by atoms with van der Waals surface area (Å²) in [5, 5.41) is 9.78. The maximum absolute atomic E-state index is 10.8. The Bertz CT molecular complexity index is 482.